The van der Waals surface area contributed by atoms with E-state index in [1.165, 1.54) is 4.31 Å². The van der Waals surface area contributed by atoms with Crippen LogP contribution in [0.2, 0.25) is 5.02 Å². The standard InChI is InChI=1S/C18H19ClN2O3S/c1-13-5-2-3-6-15(13)12-25(23,24)21-10-9-20-18(22)17(21)14-7-4-8-16(19)11-14/h2-8,11,17H,9-10,12H2,1H3,(H,20,22). The molecule has 0 saturated carbocycles. The number of rotatable bonds is 4. The normalized spacial score (nSPS) is 18.8. The van der Waals surface area contributed by atoms with Crippen molar-refractivity contribution in [1.82, 2.24) is 9.62 Å². The Balaban J connectivity index is 1.97. The Morgan fingerprint density at radius 3 is 2.68 bits per heavy atom. The van der Waals surface area contributed by atoms with Crippen LogP contribution in [0.25, 0.3) is 0 Å². The van der Waals surface area contributed by atoms with Gasteiger partial charge in [0.25, 0.3) is 0 Å². The Morgan fingerprint density at radius 2 is 1.96 bits per heavy atom. The van der Waals surface area contributed by atoms with Crippen molar-refractivity contribution in [2.45, 2.75) is 18.7 Å². The molecule has 3 rings (SSSR count). The second kappa shape index (κ2) is 7.15. The van der Waals surface area contributed by atoms with E-state index < -0.39 is 16.1 Å². The number of aryl methyl sites for hydroxylation is 1. The second-order valence-corrected chi connectivity index (χ2v) is 8.40. The van der Waals surface area contributed by atoms with E-state index in [1.54, 1.807) is 30.3 Å². The topological polar surface area (TPSA) is 66.5 Å². The third kappa shape index (κ3) is 3.86. The summed E-state index contributed by atoms with van der Waals surface area (Å²) in [6, 6.07) is 13.2. The zero-order valence-corrected chi connectivity index (χ0v) is 15.3. The molecule has 1 aliphatic rings. The Bertz CT molecular complexity index is 899. The SMILES string of the molecule is Cc1ccccc1CS(=O)(=O)N1CCNC(=O)C1c1cccc(Cl)c1. The van der Waals surface area contributed by atoms with Gasteiger partial charge < -0.3 is 5.32 Å². The van der Waals surface area contributed by atoms with Gasteiger partial charge in [0.15, 0.2) is 0 Å². The zero-order valence-electron chi connectivity index (χ0n) is 13.8. The summed E-state index contributed by atoms with van der Waals surface area (Å²) in [5.74, 6) is -0.466. The fourth-order valence-electron chi connectivity index (χ4n) is 2.99. The van der Waals surface area contributed by atoms with Crippen LogP contribution in [0.1, 0.15) is 22.7 Å². The summed E-state index contributed by atoms with van der Waals surface area (Å²) in [7, 11) is -3.67. The molecule has 1 saturated heterocycles. The molecule has 1 aliphatic heterocycles. The molecule has 25 heavy (non-hydrogen) atoms. The molecule has 0 aromatic heterocycles. The monoisotopic (exact) mass is 378 g/mol. The van der Waals surface area contributed by atoms with E-state index in [-0.39, 0.29) is 18.2 Å². The number of carbonyl (C=O) groups is 1. The lowest BCUT2D eigenvalue weighted by atomic mass is 10.0. The number of carbonyl (C=O) groups excluding carboxylic acids is 1. The van der Waals surface area contributed by atoms with Crippen LogP contribution in [0.15, 0.2) is 48.5 Å². The smallest absolute Gasteiger partial charge is 0.243 e. The zero-order chi connectivity index (χ0) is 18.0. The highest BCUT2D eigenvalue weighted by atomic mass is 35.5. The molecular weight excluding hydrogens is 360 g/mol. The average Bonchev–Trinajstić information content (AvgIpc) is 2.56. The highest BCUT2D eigenvalue weighted by Crippen LogP contribution is 2.29. The summed E-state index contributed by atoms with van der Waals surface area (Å²) in [5.41, 5.74) is 2.21. The Labute approximate surface area is 152 Å². The number of hydrogen-bond acceptors (Lipinski definition) is 3. The summed E-state index contributed by atoms with van der Waals surface area (Å²) in [6.07, 6.45) is 0. The fourth-order valence-corrected chi connectivity index (χ4v) is 4.98. The van der Waals surface area contributed by atoms with E-state index in [4.69, 9.17) is 11.6 Å². The molecule has 2 aromatic carbocycles. The minimum atomic E-state index is -3.67. The highest BCUT2D eigenvalue weighted by Gasteiger charge is 2.38. The van der Waals surface area contributed by atoms with Crippen molar-refractivity contribution >= 4 is 27.5 Å². The van der Waals surface area contributed by atoms with E-state index in [0.29, 0.717) is 17.1 Å². The van der Waals surface area contributed by atoms with Gasteiger partial charge in [-0.25, -0.2) is 8.42 Å². The van der Waals surface area contributed by atoms with Gasteiger partial charge in [0.1, 0.15) is 6.04 Å². The summed E-state index contributed by atoms with van der Waals surface area (Å²) in [6.45, 7) is 2.41. The maximum atomic E-state index is 13.0. The summed E-state index contributed by atoms with van der Waals surface area (Å²) >= 11 is 6.02. The largest absolute Gasteiger partial charge is 0.353 e. The quantitative estimate of drug-likeness (QED) is 0.889. The first kappa shape index (κ1) is 17.9. The van der Waals surface area contributed by atoms with Crippen molar-refractivity contribution < 1.29 is 13.2 Å². The van der Waals surface area contributed by atoms with E-state index in [1.807, 2.05) is 25.1 Å². The highest BCUT2D eigenvalue weighted by molar-refractivity contribution is 7.88. The van der Waals surface area contributed by atoms with Crippen LogP contribution in [-0.4, -0.2) is 31.7 Å². The van der Waals surface area contributed by atoms with Crippen LogP contribution in [-0.2, 0) is 20.6 Å². The third-order valence-electron chi connectivity index (χ3n) is 4.29. The van der Waals surface area contributed by atoms with E-state index in [9.17, 15) is 13.2 Å². The average molecular weight is 379 g/mol. The molecule has 1 atom stereocenters. The van der Waals surface area contributed by atoms with Crippen molar-refractivity contribution in [3.63, 3.8) is 0 Å². The van der Waals surface area contributed by atoms with E-state index in [0.717, 1.165) is 11.1 Å². The Hall–Kier alpha value is -1.89. The number of nitrogens with zero attached hydrogens (tertiary/aromatic N) is 1. The van der Waals surface area contributed by atoms with Crippen molar-refractivity contribution in [3.8, 4) is 0 Å². The Morgan fingerprint density at radius 1 is 1.20 bits per heavy atom. The van der Waals surface area contributed by atoms with Crippen molar-refractivity contribution in [2.24, 2.45) is 0 Å². The molecule has 0 aliphatic carbocycles. The molecule has 1 fully saturated rings. The van der Waals surface area contributed by atoms with Crippen LogP contribution in [0.3, 0.4) is 0 Å². The molecular formula is C18H19ClN2O3S. The Kier molecular flexibility index (Phi) is 5.13. The summed E-state index contributed by atoms with van der Waals surface area (Å²) in [4.78, 5) is 12.4. The summed E-state index contributed by atoms with van der Waals surface area (Å²) < 4.78 is 27.4. The predicted octanol–water partition coefficient (Wildman–Crippen LogP) is 2.65. The van der Waals surface area contributed by atoms with Crippen LogP contribution in [0, 0.1) is 6.92 Å². The number of hydrogen-bond donors (Lipinski definition) is 1. The lowest BCUT2D eigenvalue weighted by molar-refractivity contribution is -0.126. The minimum Gasteiger partial charge on any atom is -0.353 e. The lowest BCUT2D eigenvalue weighted by Crippen LogP contribution is -2.52. The minimum absolute atomic E-state index is 0.135. The number of sulfonamides is 1. The van der Waals surface area contributed by atoms with Crippen molar-refractivity contribution in [2.75, 3.05) is 13.1 Å². The molecule has 1 unspecified atom stereocenters. The molecule has 1 heterocycles. The second-order valence-electron chi connectivity index (χ2n) is 6.04. The molecule has 132 valence electrons. The number of piperazine rings is 1. The van der Waals surface area contributed by atoms with Crippen LogP contribution in [0.4, 0.5) is 0 Å². The third-order valence-corrected chi connectivity index (χ3v) is 6.31. The predicted molar refractivity (Wildman–Crippen MR) is 97.7 cm³/mol. The van der Waals surface area contributed by atoms with Gasteiger partial charge in [0, 0.05) is 18.1 Å². The number of nitrogens with one attached hydrogen (secondary N) is 1. The number of halogens is 1. The molecule has 0 bridgehead atoms. The lowest BCUT2D eigenvalue weighted by Gasteiger charge is -2.34. The fraction of sp³-hybridized carbons (Fsp3) is 0.278. The number of benzene rings is 2. The first-order chi connectivity index (χ1) is 11.9. The van der Waals surface area contributed by atoms with Gasteiger partial charge in [0.2, 0.25) is 15.9 Å². The van der Waals surface area contributed by atoms with Gasteiger partial charge in [-0.1, -0.05) is 48.0 Å². The van der Waals surface area contributed by atoms with Gasteiger partial charge in [0.05, 0.1) is 5.75 Å². The van der Waals surface area contributed by atoms with Gasteiger partial charge in [-0.05, 0) is 35.7 Å². The van der Waals surface area contributed by atoms with Gasteiger partial charge in [-0.15, -0.1) is 0 Å². The van der Waals surface area contributed by atoms with Gasteiger partial charge in [-0.3, -0.25) is 4.79 Å². The van der Waals surface area contributed by atoms with E-state index >= 15 is 0 Å². The molecule has 0 radical (unpaired) electrons. The first-order valence-electron chi connectivity index (χ1n) is 7.96. The molecule has 0 spiro atoms. The first-order valence-corrected chi connectivity index (χ1v) is 9.94. The van der Waals surface area contributed by atoms with E-state index in [2.05, 4.69) is 5.32 Å². The van der Waals surface area contributed by atoms with Gasteiger partial charge in [-0.2, -0.15) is 4.31 Å². The molecule has 7 heteroatoms. The molecule has 5 nitrogen and oxygen atoms in total. The molecule has 2 aromatic rings. The number of amides is 1. The molecule has 1 amide bonds. The molecule has 1 N–H and O–H groups in total. The maximum absolute atomic E-state index is 13.0. The van der Waals surface area contributed by atoms with Crippen LogP contribution in [0.5, 0.6) is 0 Å². The summed E-state index contributed by atoms with van der Waals surface area (Å²) in [5, 5.41) is 3.20. The van der Waals surface area contributed by atoms with Crippen LogP contribution >= 0.6 is 11.6 Å². The van der Waals surface area contributed by atoms with Gasteiger partial charge >= 0.3 is 0 Å². The van der Waals surface area contributed by atoms with Crippen molar-refractivity contribution in [1.29, 1.82) is 0 Å². The van der Waals surface area contributed by atoms with Crippen LogP contribution < -0.4 is 5.32 Å². The van der Waals surface area contributed by atoms with Crippen molar-refractivity contribution in [3.05, 3.63) is 70.2 Å². The maximum Gasteiger partial charge on any atom is 0.243 e.